The van der Waals surface area contributed by atoms with Crippen molar-refractivity contribution in [2.45, 2.75) is 6.42 Å². The number of ether oxygens (including phenoxy) is 1. The van der Waals surface area contributed by atoms with Crippen LogP contribution in [0.2, 0.25) is 0 Å². The molecule has 0 atom stereocenters. The first-order valence-electron chi connectivity index (χ1n) is 4.98. The van der Waals surface area contributed by atoms with Crippen molar-refractivity contribution >= 4 is 22.9 Å². The number of hydrogen-bond acceptors (Lipinski definition) is 3. The second kappa shape index (κ2) is 5.32. The summed E-state index contributed by atoms with van der Waals surface area (Å²) in [6.45, 7) is 0. The summed E-state index contributed by atoms with van der Waals surface area (Å²) in [4.78, 5) is 4.52. The topological polar surface area (TPSA) is 22.1 Å². The zero-order valence-electron chi connectivity index (χ0n) is 8.94. The Balaban J connectivity index is 2.21. The minimum absolute atomic E-state index is 0.617. The molecule has 1 aromatic heterocycles. The Labute approximate surface area is 104 Å². The lowest BCUT2D eigenvalue weighted by Crippen LogP contribution is -1.86. The number of aryl methyl sites for hydroxylation is 1. The van der Waals surface area contributed by atoms with Crippen molar-refractivity contribution in [2.24, 2.45) is 0 Å². The number of methoxy groups -OCH3 is 1. The molecular formula is C12H12ClNOS. The third-order valence-corrected chi connectivity index (χ3v) is 3.37. The average Bonchev–Trinajstić information content (AvgIpc) is 2.78. The van der Waals surface area contributed by atoms with Crippen LogP contribution in [0.5, 0.6) is 5.75 Å². The predicted molar refractivity (Wildman–Crippen MR) is 68.5 cm³/mol. The van der Waals surface area contributed by atoms with Gasteiger partial charge >= 0.3 is 0 Å². The molecule has 2 aromatic rings. The SMILES string of the molecule is COc1ccc(-c2nc(CCCl)cs2)cc1. The predicted octanol–water partition coefficient (Wildman–Crippen LogP) is 3.60. The molecule has 0 amide bonds. The van der Waals surface area contributed by atoms with E-state index < -0.39 is 0 Å². The molecule has 0 radical (unpaired) electrons. The lowest BCUT2D eigenvalue weighted by Gasteiger charge is -2.00. The van der Waals surface area contributed by atoms with Crippen LogP contribution in [0.25, 0.3) is 10.6 Å². The maximum absolute atomic E-state index is 5.68. The number of benzene rings is 1. The van der Waals surface area contributed by atoms with Crippen molar-refractivity contribution < 1.29 is 4.74 Å². The summed E-state index contributed by atoms with van der Waals surface area (Å²) in [5, 5.41) is 3.09. The van der Waals surface area contributed by atoms with E-state index in [2.05, 4.69) is 10.4 Å². The van der Waals surface area contributed by atoms with Crippen LogP contribution in [0.4, 0.5) is 0 Å². The van der Waals surface area contributed by atoms with Crippen molar-refractivity contribution in [3.63, 3.8) is 0 Å². The van der Waals surface area contributed by atoms with Crippen LogP contribution < -0.4 is 4.74 Å². The van der Waals surface area contributed by atoms with E-state index in [0.717, 1.165) is 28.4 Å². The van der Waals surface area contributed by atoms with Crippen LogP contribution >= 0.6 is 22.9 Å². The molecule has 0 N–H and O–H groups in total. The van der Waals surface area contributed by atoms with Gasteiger partial charge in [0.15, 0.2) is 0 Å². The summed E-state index contributed by atoms with van der Waals surface area (Å²) in [6, 6.07) is 7.92. The van der Waals surface area contributed by atoms with E-state index in [1.807, 2.05) is 24.3 Å². The molecule has 0 saturated carbocycles. The molecule has 0 saturated heterocycles. The molecule has 2 nitrogen and oxygen atoms in total. The smallest absolute Gasteiger partial charge is 0.123 e. The summed E-state index contributed by atoms with van der Waals surface area (Å²) in [5.41, 5.74) is 2.18. The standard InChI is InChI=1S/C12H12ClNOS/c1-15-11-4-2-9(3-5-11)12-14-10(6-7-13)8-16-12/h2-5,8H,6-7H2,1H3. The Morgan fingerprint density at radius 1 is 1.31 bits per heavy atom. The quantitative estimate of drug-likeness (QED) is 0.777. The normalized spacial score (nSPS) is 10.4. The molecule has 2 rings (SSSR count). The minimum Gasteiger partial charge on any atom is -0.497 e. The van der Waals surface area contributed by atoms with Crippen LogP contribution in [-0.4, -0.2) is 18.0 Å². The number of nitrogens with zero attached hydrogens (tertiary/aromatic N) is 1. The molecular weight excluding hydrogens is 242 g/mol. The van der Waals surface area contributed by atoms with Crippen molar-refractivity contribution in [3.8, 4) is 16.3 Å². The molecule has 1 heterocycles. The molecule has 16 heavy (non-hydrogen) atoms. The minimum atomic E-state index is 0.617. The van der Waals surface area contributed by atoms with Gasteiger partial charge in [-0.25, -0.2) is 4.98 Å². The molecule has 84 valence electrons. The van der Waals surface area contributed by atoms with Crippen LogP contribution in [-0.2, 0) is 6.42 Å². The molecule has 0 aliphatic heterocycles. The summed E-state index contributed by atoms with van der Waals surface area (Å²) >= 11 is 7.32. The maximum atomic E-state index is 5.68. The Morgan fingerprint density at radius 3 is 2.69 bits per heavy atom. The van der Waals surface area contributed by atoms with Gasteiger partial charge in [0, 0.05) is 23.2 Å². The number of halogens is 1. The van der Waals surface area contributed by atoms with Crippen LogP contribution in [0.3, 0.4) is 0 Å². The van der Waals surface area contributed by atoms with Crippen molar-refractivity contribution in [1.29, 1.82) is 0 Å². The first-order chi connectivity index (χ1) is 7.83. The number of thiazole rings is 1. The molecule has 0 aliphatic carbocycles. The molecule has 0 aliphatic rings. The van der Waals surface area contributed by atoms with Gasteiger partial charge in [-0.3, -0.25) is 0 Å². The Bertz CT molecular complexity index is 452. The lowest BCUT2D eigenvalue weighted by atomic mass is 10.2. The van der Waals surface area contributed by atoms with E-state index in [1.54, 1.807) is 18.4 Å². The highest BCUT2D eigenvalue weighted by Crippen LogP contribution is 2.25. The fraction of sp³-hybridized carbons (Fsp3) is 0.250. The third kappa shape index (κ3) is 2.54. The van der Waals surface area contributed by atoms with Crippen LogP contribution in [0, 0.1) is 0 Å². The van der Waals surface area contributed by atoms with Gasteiger partial charge in [-0.05, 0) is 24.3 Å². The van der Waals surface area contributed by atoms with Gasteiger partial charge < -0.3 is 4.74 Å². The number of rotatable bonds is 4. The highest BCUT2D eigenvalue weighted by atomic mass is 35.5. The molecule has 0 bridgehead atoms. The largest absolute Gasteiger partial charge is 0.497 e. The highest BCUT2D eigenvalue weighted by molar-refractivity contribution is 7.13. The van der Waals surface area contributed by atoms with E-state index in [0.29, 0.717) is 5.88 Å². The monoisotopic (exact) mass is 253 g/mol. The second-order valence-electron chi connectivity index (χ2n) is 3.31. The van der Waals surface area contributed by atoms with E-state index >= 15 is 0 Å². The highest BCUT2D eigenvalue weighted by Gasteiger charge is 2.04. The zero-order valence-corrected chi connectivity index (χ0v) is 10.5. The maximum Gasteiger partial charge on any atom is 0.123 e. The van der Waals surface area contributed by atoms with Crippen LogP contribution in [0.15, 0.2) is 29.6 Å². The van der Waals surface area contributed by atoms with Gasteiger partial charge in [0.25, 0.3) is 0 Å². The average molecular weight is 254 g/mol. The Kier molecular flexibility index (Phi) is 3.80. The zero-order chi connectivity index (χ0) is 11.4. The third-order valence-electron chi connectivity index (χ3n) is 2.24. The molecule has 0 unspecified atom stereocenters. The molecule has 4 heteroatoms. The van der Waals surface area contributed by atoms with Crippen LogP contribution in [0.1, 0.15) is 5.69 Å². The van der Waals surface area contributed by atoms with E-state index in [9.17, 15) is 0 Å². The lowest BCUT2D eigenvalue weighted by molar-refractivity contribution is 0.415. The summed E-state index contributed by atoms with van der Waals surface area (Å²) in [5.74, 6) is 1.48. The first-order valence-corrected chi connectivity index (χ1v) is 6.39. The van der Waals surface area contributed by atoms with Gasteiger partial charge in [-0.15, -0.1) is 22.9 Å². The summed E-state index contributed by atoms with van der Waals surface area (Å²) in [7, 11) is 1.66. The van der Waals surface area contributed by atoms with E-state index in [1.165, 1.54) is 0 Å². The van der Waals surface area contributed by atoms with Crippen molar-refractivity contribution in [1.82, 2.24) is 4.98 Å². The Morgan fingerprint density at radius 2 is 2.06 bits per heavy atom. The number of alkyl halides is 1. The Hall–Kier alpha value is -1.06. The first kappa shape index (κ1) is 11.4. The van der Waals surface area contributed by atoms with Gasteiger partial charge in [0.05, 0.1) is 12.8 Å². The molecule has 0 spiro atoms. The van der Waals surface area contributed by atoms with Gasteiger partial charge in [-0.1, -0.05) is 0 Å². The summed E-state index contributed by atoms with van der Waals surface area (Å²) < 4.78 is 5.11. The summed E-state index contributed by atoms with van der Waals surface area (Å²) in [6.07, 6.45) is 0.828. The van der Waals surface area contributed by atoms with Gasteiger partial charge in [0.1, 0.15) is 10.8 Å². The van der Waals surface area contributed by atoms with Crippen molar-refractivity contribution in [3.05, 3.63) is 35.3 Å². The number of aromatic nitrogens is 1. The van der Waals surface area contributed by atoms with E-state index in [-0.39, 0.29) is 0 Å². The second-order valence-corrected chi connectivity index (χ2v) is 4.55. The van der Waals surface area contributed by atoms with E-state index in [4.69, 9.17) is 16.3 Å². The van der Waals surface area contributed by atoms with Crippen molar-refractivity contribution in [2.75, 3.05) is 13.0 Å². The molecule has 0 fully saturated rings. The van der Waals surface area contributed by atoms with Gasteiger partial charge in [0.2, 0.25) is 0 Å². The fourth-order valence-electron chi connectivity index (χ4n) is 1.38. The fourth-order valence-corrected chi connectivity index (χ4v) is 2.44. The number of hydrogen-bond donors (Lipinski definition) is 0. The van der Waals surface area contributed by atoms with Gasteiger partial charge in [-0.2, -0.15) is 0 Å². The molecule has 1 aromatic carbocycles.